The van der Waals surface area contributed by atoms with Crippen LogP contribution >= 0.6 is 11.6 Å². The second-order valence-corrected chi connectivity index (χ2v) is 5.32. The summed E-state index contributed by atoms with van der Waals surface area (Å²) in [6.07, 6.45) is 0.871. The van der Waals surface area contributed by atoms with Crippen LogP contribution in [0.15, 0.2) is 42.5 Å². The zero-order valence-electron chi connectivity index (χ0n) is 11.6. The Labute approximate surface area is 128 Å². The minimum absolute atomic E-state index is 0.0638. The van der Waals surface area contributed by atoms with Gasteiger partial charge in [0.05, 0.1) is 6.61 Å². The fourth-order valence-electron chi connectivity index (χ4n) is 2.36. The first-order chi connectivity index (χ1) is 10.3. The molecule has 1 aliphatic heterocycles. The molecule has 2 aromatic carbocycles. The summed E-state index contributed by atoms with van der Waals surface area (Å²) >= 11 is 5.75. The molecule has 3 nitrogen and oxygen atoms in total. The molecule has 0 fully saturated rings. The molecule has 21 heavy (non-hydrogen) atoms. The van der Waals surface area contributed by atoms with Crippen LogP contribution in [-0.4, -0.2) is 12.5 Å². The number of amides is 1. The summed E-state index contributed by atoms with van der Waals surface area (Å²) in [6, 6.07) is 13.5. The number of carbonyl (C=O) groups excluding carboxylic acids is 1. The summed E-state index contributed by atoms with van der Waals surface area (Å²) in [7, 11) is 0. The molecule has 0 saturated heterocycles. The lowest BCUT2D eigenvalue weighted by atomic mass is 10.1. The second kappa shape index (κ2) is 6.19. The van der Waals surface area contributed by atoms with E-state index in [4.69, 9.17) is 16.3 Å². The predicted octanol–water partition coefficient (Wildman–Crippen LogP) is 3.29. The second-order valence-electron chi connectivity index (χ2n) is 5.05. The summed E-state index contributed by atoms with van der Waals surface area (Å²) in [4.78, 5) is 12.2. The van der Waals surface area contributed by atoms with Crippen molar-refractivity contribution in [2.24, 2.45) is 0 Å². The van der Waals surface area contributed by atoms with Gasteiger partial charge in [0.2, 0.25) is 0 Å². The van der Waals surface area contributed by atoms with Gasteiger partial charge < -0.3 is 10.1 Å². The highest BCUT2D eigenvalue weighted by atomic mass is 35.5. The fraction of sp³-hybridized carbons (Fsp3) is 0.235. The highest BCUT2D eigenvalue weighted by Gasteiger charge is 2.14. The Morgan fingerprint density at radius 3 is 2.67 bits per heavy atom. The first kappa shape index (κ1) is 14.0. The average Bonchev–Trinajstić information content (AvgIpc) is 3.00. The van der Waals surface area contributed by atoms with E-state index >= 15 is 0 Å². The Bertz CT molecular complexity index is 652. The van der Waals surface area contributed by atoms with Crippen molar-refractivity contribution < 1.29 is 9.53 Å². The molecule has 0 unspecified atom stereocenters. The number of benzene rings is 2. The summed E-state index contributed by atoms with van der Waals surface area (Å²) in [6.45, 7) is 1.21. The smallest absolute Gasteiger partial charge is 0.251 e. The first-order valence-corrected chi connectivity index (χ1v) is 7.47. The van der Waals surface area contributed by atoms with Crippen molar-refractivity contribution >= 4 is 17.5 Å². The molecule has 1 amide bonds. The molecule has 0 atom stereocenters. The Hall–Kier alpha value is -2.00. The Balaban J connectivity index is 1.63. The molecule has 0 saturated carbocycles. The number of hydrogen-bond acceptors (Lipinski definition) is 2. The van der Waals surface area contributed by atoms with E-state index in [1.165, 1.54) is 0 Å². The number of ether oxygens (including phenoxy) is 1. The van der Waals surface area contributed by atoms with Gasteiger partial charge in [0, 0.05) is 24.4 Å². The highest BCUT2D eigenvalue weighted by Crippen LogP contribution is 2.25. The molecular formula is C17H16ClNO2. The van der Waals surface area contributed by atoms with E-state index in [1.807, 2.05) is 36.4 Å². The van der Waals surface area contributed by atoms with Gasteiger partial charge in [-0.15, -0.1) is 11.6 Å². The monoisotopic (exact) mass is 301 g/mol. The van der Waals surface area contributed by atoms with Crippen molar-refractivity contribution in [2.75, 3.05) is 6.61 Å². The molecule has 1 heterocycles. The molecule has 108 valence electrons. The van der Waals surface area contributed by atoms with Crippen LogP contribution in [-0.2, 0) is 18.8 Å². The standard InChI is InChI=1S/C17H16ClNO2/c18-10-12-1-3-13(4-2-12)11-19-17(20)15-5-6-16-14(9-15)7-8-21-16/h1-6,9H,7-8,10-11H2,(H,19,20). The third-order valence-corrected chi connectivity index (χ3v) is 3.89. The molecular weight excluding hydrogens is 286 g/mol. The van der Waals surface area contributed by atoms with Gasteiger partial charge in [0.25, 0.3) is 5.91 Å². The van der Waals surface area contributed by atoms with E-state index in [1.54, 1.807) is 6.07 Å². The van der Waals surface area contributed by atoms with E-state index in [9.17, 15) is 4.79 Å². The van der Waals surface area contributed by atoms with Crippen molar-refractivity contribution in [1.82, 2.24) is 5.32 Å². The first-order valence-electron chi connectivity index (χ1n) is 6.94. The third kappa shape index (κ3) is 3.19. The molecule has 3 rings (SSSR count). The Morgan fingerprint density at radius 1 is 1.14 bits per heavy atom. The fourth-order valence-corrected chi connectivity index (χ4v) is 2.54. The van der Waals surface area contributed by atoms with Crippen molar-refractivity contribution in [1.29, 1.82) is 0 Å². The van der Waals surface area contributed by atoms with Crippen molar-refractivity contribution in [3.8, 4) is 5.75 Å². The number of hydrogen-bond donors (Lipinski definition) is 1. The predicted molar refractivity (Wildman–Crippen MR) is 82.8 cm³/mol. The number of rotatable bonds is 4. The van der Waals surface area contributed by atoms with E-state index in [-0.39, 0.29) is 5.91 Å². The van der Waals surface area contributed by atoms with Gasteiger partial charge in [-0.25, -0.2) is 0 Å². The molecule has 2 aromatic rings. The molecule has 1 N–H and O–H groups in total. The van der Waals surface area contributed by atoms with Crippen molar-refractivity contribution in [3.05, 3.63) is 64.7 Å². The van der Waals surface area contributed by atoms with Crippen molar-refractivity contribution in [2.45, 2.75) is 18.8 Å². The van der Waals surface area contributed by atoms with Gasteiger partial charge in [-0.1, -0.05) is 24.3 Å². The maximum absolute atomic E-state index is 12.2. The third-order valence-electron chi connectivity index (χ3n) is 3.58. The van der Waals surface area contributed by atoms with Crippen LogP contribution in [0.1, 0.15) is 27.0 Å². The maximum atomic E-state index is 12.2. The maximum Gasteiger partial charge on any atom is 0.251 e. The van der Waals surface area contributed by atoms with Gasteiger partial charge in [0.1, 0.15) is 5.75 Å². The van der Waals surface area contributed by atoms with E-state index in [0.29, 0.717) is 24.6 Å². The van der Waals surface area contributed by atoms with Gasteiger partial charge in [-0.05, 0) is 34.9 Å². The number of nitrogens with one attached hydrogen (secondary N) is 1. The zero-order valence-corrected chi connectivity index (χ0v) is 12.3. The van der Waals surface area contributed by atoms with Crippen LogP contribution in [0.2, 0.25) is 0 Å². The molecule has 0 radical (unpaired) electrons. The summed E-state index contributed by atoms with van der Waals surface area (Å²) in [5.41, 5.74) is 3.91. The molecule has 0 spiro atoms. The minimum Gasteiger partial charge on any atom is -0.493 e. The van der Waals surface area contributed by atoms with Crippen LogP contribution < -0.4 is 10.1 Å². The van der Waals surface area contributed by atoms with Crippen LogP contribution in [0.4, 0.5) is 0 Å². The zero-order chi connectivity index (χ0) is 14.7. The SMILES string of the molecule is O=C(NCc1ccc(CCl)cc1)c1ccc2c(c1)CCO2. The van der Waals surface area contributed by atoms with E-state index in [0.717, 1.165) is 28.9 Å². The lowest BCUT2D eigenvalue weighted by Crippen LogP contribution is -2.22. The summed E-state index contributed by atoms with van der Waals surface area (Å²) in [5, 5.41) is 2.93. The van der Waals surface area contributed by atoms with Crippen LogP contribution in [0.3, 0.4) is 0 Å². The molecule has 4 heteroatoms. The van der Waals surface area contributed by atoms with Crippen LogP contribution in [0, 0.1) is 0 Å². The summed E-state index contributed by atoms with van der Waals surface area (Å²) in [5.74, 6) is 1.33. The van der Waals surface area contributed by atoms with Crippen LogP contribution in [0.5, 0.6) is 5.75 Å². The minimum atomic E-state index is -0.0638. The molecule has 1 aliphatic rings. The molecule has 0 aliphatic carbocycles. The number of carbonyl (C=O) groups is 1. The summed E-state index contributed by atoms with van der Waals surface area (Å²) < 4.78 is 5.44. The lowest BCUT2D eigenvalue weighted by molar-refractivity contribution is 0.0951. The quantitative estimate of drug-likeness (QED) is 0.880. The van der Waals surface area contributed by atoms with Crippen molar-refractivity contribution in [3.63, 3.8) is 0 Å². The highest BCUT2D eigenvalue weighted by molar-refractivity contribution is 6.17. The van der Waals surface area contributed by atoms with Crippen LogP contribution in [0.25, 0.3) is 0 Å². The number of alkyl halides is 1. The largest absolute Gasteiger partial charge is 0.493 e. The molecule has 0 bridgehead atoms. The van der Waals surface area contributed by atoms with E-state index < -0.39 is 0 Å². The van der Waals surface area contributed by atoms with E-state index in [2.05, 4.69) is 5.32 Å². The topological polar surface area (TPSA) is 38.3 Å². The number of fused-ring (bicyclic) bond motifs is 1. The van der Waals surface area contributed by atoms with Gasteiger partial charge >= 0.3 is 0 Å². The van der Waals surface area contributed by atoms with Gasteiger partial charge in [0.15, 0.2) is 0 Å². The average molecular weight is 302 g/mol. The van der Waals surface area contributed by atoms with Gasteiger partial charge in [-0.3, -0.25) is 4.79 Å². The molecule has 0 aromatic heterocycles. The number of halogens is 1. The lowest BCUT2D eigenvalue weighted by Gasteiger charge is -2.07. The Kier molecular flexibility index (Phi) is 4.11. The Morgan fingerprint density at radius 2 is 1.90 bits per heavy atom. The normalized spacial score (nSPS) is 12.6. The van der Waals surface area contributed by atoms with Gasteiger partial charge in [-0.2, -0.15) is 0 Å².